The van der Waals surface area contributed by atoms with Crippen molar-refractivity contribution in [1.29, 1.82) is 0 Å². The van der Waals surface area contributed by atoms with E-state index in [1.165, 1.54) is 16.8 Å². The van der Waals surface area contributed by atoms with Crippen molar-refractivity contribution in [2.75, 3.05) is 26.4 Å². The first-order valence-electron chi connectivity index (χ1n) is 7.77. The molecular weight excluding hydrogens is 266 g/mol. The highest BCUT2D eigenvalue weighted by atomic mass is 16.5. The van der Waals surface area contributed by atoms with Gasteiger partial charge in [-0.2, -0.15) is 5.10 Å². The van der Waals surface area contributed by atoms with Crippen LogP contribution in [-0.2, 0) is 16.5 Å². The van der Waals surface area contributed by atoms with Gasteiger partial charge in [-0.05, 0) is 32.3 Å². The third kappa shape index (κ3) is 3.05. The Morgan fingerprint density at radius 3 is 2.90 bits per heavy atom. The Bertz CT molecular complexity index is 536. The molecule has 2 atom stereocenters. The van der Waals surface area contributed by atoms with Crippen LogP contribution in [0.25, 0.3) is 0 Å². The van der Waals surface area contributed by atoms with Crippen LogP contribution in [0.3, 0.4) is 0 Å². The van der Waals surface area contributed by atoms with Crippen LogP contribution >= 0.6 is 0 Å². The van der Waals surface area contributed by atoms with Crippen LogP contribution in [0.4, 0.5) is 0 Å². The van der Waals surface area contributed by atoms with Crippen LogP contribution in [0.2, 0.25) is 0 Å². The number of ether oxygens (including phenoxy) is 2. The van der Waals surface area contributed by atoms with Crippen LogP contribution in [-0.4, -0.2) is 42.2 Å². The molecule has 116 valence electrons. The van der Waals surface area contributed by atoms with Crippen LogP contribution < -0.4 is 5.32 Å². The molecule has 0 aromatic carbocycles. The zero-order valence-electron chi connectivity index (χ0n) is 13.2. The molecule has 3 heterocycles. The van der Waals surface area contributed by atoms with Gasteiger partial charge in [-0.1, -0.05) is 6.08 Å². The minimum absolute atomic E-state index is 0.115. The van der Waals surface area contributed by atoms with Crippen LogP contribution in [0.5, 0.6) is 0 Å². The molecule has 1 aromatic rings. The fourth-order valence-electron chi connectivity index (χ4n) is 3.28. The van der Waals surface area contributed by atoms with Crippen molar-refractivity contribution >= 4 is 0 Å². The van der Waals surface area contributed by atoms with Gasteiger partial charge in [0.1, 0.15) is 6.10 Å². The summed E-state index contributed by atoms with van der Waals surface area (Å²) in [5.41, 5.74) is 4.88. The molecule has 1 saturated heterocycles. The molecule has 1 aromatic heterocycles. The summed E-state index contributed by atoms with van der Waals surface area (Å²) in [5.74, 6) is 0. The van der Waals surface area contributed by atoms with E-state index in [0.29, 0.717) is 6.04 Å². The van der Waals surface area contributed by atoms with Crippen molar-refractivity contribution in [1.82, 2.24) is 15.1 Å². The van der Waals surface area contributed by atoms with Gasteiger partial charge in [0.15, 0.2) is 0 Å². The van der Waals surface area contributed by atoms with Gasteiger partial charge in [0, 0.05) is 37.5 Å². The van der Waals surface area contributed by atoms with Crippen molar-refractivity contribution in [3.05, 3.63) is 28.6 Å². The molecule has 5 heteroatoms. The van der Waals surface area contributed by atoms with E-state index < -0.39 is 0 Å². The first-order chi connectivity index (χ1) is 10.2. The molecule has 0 spiro atoms. The monoisotopic (exact) mass is 291 g/mol. The van der Waals surface area contributed by atoms with Gasteiger partial charge in [-0.15, -0.1) is 0 Å². The lowest BCUT2D eigenvalue weighted by molar-refractivity contribution is 0.0975. The fraction of sp³-hybridized carbons (Fsp3) is 0.688. The standard InChI is InChI=1S/C16H25N3O2/c1-11-15(12(2)19(3)18-11)16-14(6-8-21-16)17-9-13-5-4-7-20-10-13/h5,14,16-17H,4,6-10H2,1-3H3/t14-,16-/m0/s1. The third-order valence-electron chi connectivity index (χ3n) is 4.52. The van der Waals surface area contributed by atoms with Crippen LogP contribution in [0.1, 0.15) is 35.9 Å². The summed E-state index contributed by atoms with van der Waals surface area (Å²) in [6, 6.07) is 0.356. The van der Waals surface area contributed by atoms with Crippen molar-refractivity contribution in [3.63, 3.8) is 0 Å². The summed E-state index contributed by atoms with van der Waals surface area (Å²) in [4.78, 5) is 0. The highest BCUT2D eigenvalue weighted by molar-refractivity contribution is 5.29. The largest absolute Gasteiger partial charge is 0.377 e. The summed E-state index contributed by atoms with van der Waals surface area (Å²) in [5, 5.41) is 8.17. The first-order valence-corrected chi connectivity index (χ1v) is 7.77. The first kappa shape index (κ1) is 14.8. The quantitative estimate of drug-likeness (QED) is 0.860. The maximum Gasteiger partial charge on any atom is 0.101 e. The number of nitrogens with zero attached hydrogens (tertiary/aromatic N) is 2. The van der Waals surface area contributed by atoms with Gasteiger partial charge < -0.3 is 14.8 Å². The summed E-state index contributed by atoms with van der Waals surface area (Å²) < 4.78 is 13.4. The molecular formula is C16H25N3O2. The van der Waals surface area contributed by atoms with E-state index in [2.05, 4.69) is 30.3 Å². The van der Waals surface area contributed by atoms with Crippen LogP contribution in [0.15, 0.2) is 11.6 Å². The number of aryl methyl sites for hydroxylation is 2. The topological polar surface area (TPSA) is 48.3 Å². The fourth-order valence-corrected chi connectivity index (χ4v) is 3.28. The van der Waals surface area contributed by atoms with E-state index in [9.17, 15) is 0 Å². The number of aromatic nitrogens is 2. The van der Waals surface area contributed by atoms with Gasteiger partial charge in [0.05, 0.1) is 18.9 Å². The number of rotatable bonds is 4. The lowest BCUT2D eigenvalue weighted by Crippen LogP contribution is -2.34. The van der Waals surface area contributed by atoms with Crippen molar-refractivity contribution in [2.24, 2.45) is 7.05 Å². The molecule has 0 radical (unpaired) electrons. The maximum atomic E-state index is 6.00. The molecule has 1 N–H and O–H groups in total. The van der Waals surface area contributed by atoms with Gasteiger partial charge in [0.25, 0.3) is 0 Å². The second-order valence-corrected chi connectivity index (χ2v) is 5.98. The Morgan fingerprint density at radius 1 is 1.38 bits per heavy atom. The lowest BCUT2D eigenvalue weighted by Gasteiger charge is -2.22. The highest BCUT2D eigenvalue weighted by Gasteiger charge is 2.33. The smallest absolute Gasteiger partial charge is 0.101 e. The molecule has 0 bridgehead atoms. The predicted octanol–water partition coefficient (Wildman–Crippen LogP) is 1.80. The van der Waals surface area contributed by atoms with Crippen molar-refractivity contribution < 1.29 is 9.47 Å². The number of nitrogens with one attached hydrogen (secondary N) is 1. The van der Waals surface area contributed by atoms with E-state index >= 15 is 0 Å². The molecule has 3 rings (SSSR count). The zero-order valence-corrected chi connectivity index (χ0v) is 13.2. The average molecular weight is 291 g/mol. The van der Waals surface area contributed by atoms with Crippen LogP contribution in [0, 0.1) is 13.8 Å². The van der Waals surface area contributed by atoms with Crippen molar-refractivity contribution in [3.8, 4) is 0 Å². The Morgan fingerprint density at radius 2 is 2.24 bits per heavy atom. The second-order valence-electron chi connectivity index (χ2n) is 5.98. The second kappa shape index (κ2) is 6.30. The summed E-state index contributed by atoms with van der Waals surface area (Å²) >= 11 is 0. The van der Waals surface area contributed by atoms with Gasteiger partial charge in [-0.25, -0.2) is 0 Å². The predicted molar refractivity (Wildman–Crippen MR) is 81.3 cm³/mol. The Labute approximate surface area is 126 Å². The molecule has 21 heavy (non-hydrogen) atoms. The minimum Gasteiger partial charge on any atom is -0.377 e. The lowest BCUT2D eigenvalue weighted by atomic mass is 10.00. The van der Waals surface area contributed by atoms with Gasteiger partial charge in [-0.3, -0.25) is 4.68 Å². The van der Waals surface area contributed by atoms with E-state index in [4.69, 9.17) is 9.47 Å². The molecule has 0 amide bonds. The number of hydrogen-bond donors (Lipinski definition) is 1. The summed E-state index contributed by atoms with van der Waals surface area (Å²) in [6.07, 6.45) is 4.49. The third-order valence-corrected chi connectivity index (χ3v) is 4.52. The zero-order chi connectivity index (χ0) is 14.8. The summed E-state index contributed by atoms with van der Waals surface area (Å²) in [7, 11) is 1.99. The molecule has 1 fully saturated rings. The van der Waals surface area contributed by atoms with E-state index in [0.717, 1.165) is 44.9 Å². The van der Waals surface area contributed by atoms with E-state index in [-0.39, 0.29) is 6.10 Å². The molecule has 5 nitrogen and oxygen atoms in total. The molecule has 2 aliphatic rings. The normalized spacial score (nSPS) is 26.1. The Hall–Kier alpha value is -1.17. The maximum absolute atomic E-state index is 6.00. The van der Waals surface area contributed by atoms with E-state index in [1.54, 1.807) is 0 Å². The Kier molecular flexibility index (Phi) is 4.42. The SMILES string of the molecule is Cc1nn(C)c(C)c1[C@H]1OCC[C@@H]1NCC1=CCCOC1. The minimum atomic E-state index is 0.115. The van der Waals surface area contributed by atoms with Crippen molar-refractivity contribution in [2.45, 2.75) is 38.8 Å². The van der Waals surface area contributed by atoms with E-state index in [1.807, 2.05) is 11.7 Å². The Balaban J connectivity index is 1.69. The van der Waals surface area contributed by atoms with Gasteiger partial charge >= 0.3 is 0 Å². The average Bonchev–Trinajstić information content (AvgIpc) is 3.03. The highest BCUT2D eigenvalue weighted by Crippen LogP contribution is 2.33. The number of hydrogen-bond acceptors (Lipinski definition) is 4. The molecule has 2 aliphatic heterocycles. The molecule has 0 aliphatic carbocycles. The van der Waals surface area contributed by atoms with Gasteiger partial charge in [0.2, 0.25) is 0 Å². The molecule has 0 saturated carbocycles. The summed E-state index contributed by atoms with van der Waals surface area (Å²) in [6.45, 7) is 7.50. The molecule has 0 unspecified atom stereocenters.